The molecule has 1 aromatic carbocycles. The number of nitrogens with zero attached hydrogens (tertiary/aromatic N) is 1. The lowest BCUT2D eigenvalue weighted by molar-refractivity contribution is 0.164. The second-order valence-electron chi connectivity index (χ2n) is 3.10. The van der Waals surface area contributed by atoms with Crippen molar-refractivity contribution in [2.24, 2.45) is 0 Å². The van der Waals surface area contributed by atoms with Crippen molar-refractivity contribution in [3.05, 3.63) is 46.3 Å². The molecule has 0 aliphatic carbocycles. The van der Waals surface area contributed by atoms with Gasteiger partial charge in [-0.1, -0.05) is 23.7 Å². The molecule has 0 saturated heterocycles. The lowest BCUT2D eigenvalue weighted by Crippen LogP contribution is -2.14. The Morgan fingerprint density at radius 3 is 2.87 bits per heavy atom. The molecule has 3 heteroatoms. The van der Waals surface area contributed by atoms with Gasteiger partial charge in [0.2, 0.25) is 0 Å². The number of terminal acetylenes is 1. The largest absolute Gasteiger partial charge is 0.384 e. The molecule has 1 rings (SSSR count). The summed E-state index contributed by atoms with van der Waals surface area (Å²) in [5, 5.41) is 10.2. The Bertz CT molecular complexity index is 416. The van der Waals surface area contributed by atoms with Crippen LogP contribution in [0.1, 0.15) is 18.0 Å². The van der Waals surface area contributed by atoms with Gasteiger partial charge in [-0.3, -0.25) is 0 Å². The van der Waals surface area contributed by atoms with E-state index in [-0.39, 0.29) is 6.42 Å². The number of aliphatic hydroxyl groups is 1. The highest BCUT2D eigenvalue weighted by Crippen LogP contribution is 2.25. The highest BCUT2D eigenvalue weighted by Gasteiger charge is 2.25. The number of halogens is 1. The summed E-state index contributed by atoms with van der Waals surface area (Å²) in [6.45, 7) is 7.03. The molecule has 0 radical (unpaired) electrons. The van der Waals surface area contributed by atoms with Crippen LogP contribution in [0.2, 0.25) is 5.02 Å². The van der Waals surface area contributed by atoms with E-state index in [9.17, 15) is 5.11 Å². The van der Waals surface area contributed by atoms with Crippen LogP contribution >= 0.6 is 11.6 Å². The van der Waals surface area contributed by atoms with Gasteiger partial charge in [0.25, 0.3) is 6.04 Å². The summed E-state index contributed by atoms with van der Waals surface area (Å²) in [7, 11) is 0. The first-order chi connectivity index (χ1) is 7.19. The number of aliphatic hydroxyl groups excluding tert-OH is 1. The van der Waals surface area contributed by atoms with Crippen LogP contribution in [-0.4, -0.2) is 11.2 Å². The standard InChI is InChI=1S/C12H10ClNO/c1-3-5-11(15)12(14-2)9-6-4-7-10(13)8-9/h1,4,6-8,11-12,15H,5H2. The van der Waals surface area contributed by atoms with Crippen molar-refractivity contribution >= 4 is 11.6 Å². The molecule has 0 bridgehead atoms. The third-order valence-corrected chi connectivity index (χ3v) is 2.26. The van der Waals surface area contributed by atoms with E-state index in [0.29, 0.717) is 10.6 Å². The van der Waals surface area contributed by atoms with Gasteiger partial charge in [0.05, 0.1) is 0 Å². The van der Waals surface area contributed by atoms with Crippen LogP contribution in [0.25, 0.3) is 4.85 Å². The van der Waals surface area contributed by atoms with Gasteiger partial charge in [0.1, 0.15) is 6.10 Å². The van der Waals surface area contributed by atoms with Crippen molar-refractivity contribution in [2.75, 3.05) is 0 Å². The maximum absolute atomic E-state index is 9.65. The third-order valence-electron chi connectivity index (χ3n) is 2.02. The smallest absolute Gasteiger partial charge is 0.275 e. The van der Waals surface area contributed by atoms with Crippen LogP contribution in [-0.2, 0) is 0 Å². The molecule has 1 N–H and O–H groups in total. The average molecular weight is 220 g/mol. The molecule has 2 atom stereocenters. The summed E-state index contributed by atoms with van der Waals surface area (Å²) in [5.41, 5.74) is 0.695. The minimum atomic E-state index is -0.842. The van der Waals surface area contributed by atoms with Gasteiger partial charge in [-0.15, -0.1) is 12.3 Å². The molecule has 0 spiro atoms. The Morgan fingerprint density at radius 1 is 1.60 bits per heavy atom. The van der Waals surface area contributed by atoms with Gasteiger partial charge in [0.15, 0.2) is 0 Å². The van der Waals surface area contributed by atoms with Crippen molar-refractivity contribution in [3.8, 4) is 12.3 Å². The van der Waals surface area contributed by atoms with Gasteiger partial charge in [-0.2, -0.15) is 0 Å². The molecule has 0 aliphatic rings. The number of rotatable bonds is 3. The SMILES string of the molecule is [C-]#[N+]C(c1cccc(Cl)c1)C(O)CC#C. The molecule has 2 unspecified atom stereocenters. The highest BCUT2D eigenvalue weighted by atomic mass is 35.5. The van der Waals surface area contributed by atoms with Crippen LogP contribution in [0.15, 0.2) is 24.3 Å². The van der Waals surface area contributed by atoms with Crippen LogP contribution in [0.4, 0.5) is 0 Å². The minimum absolute atomic E-state index is 0.166. The quantitative estimate of drug-likeness (QED) is 0.614. The van der Waals surface area contributed by atoms with Crippen molar-refractivity contribution in [3.63, 3.8) is 0 Å². The van der Waals surface area contributed by atoms with E-state index in [1.54, 1.807) is 24.3 Å². The van der Waals surface area contributed by atoms with Crippen molar-refractivity contribution in [1.82, 2.24) is 0 Å². The number of hydrogen-bond acceptors (Lipinski definition) is 1. The van der Waals surface area contributed by atoms with Crippen molar-refractivity contribution in [2.45, 2.75) is 18.6 Å². The van der Waals surface area contributed by atoms with Crippen molar-refractivity contribution in [1.29, 1.82) is 0 Å². The first-order valence-electron chi connectivity index (χ1n) is 4.42. The molecule has 76 valence electrons. The summed E-state index contributed by atoms with van der Waals surface area (Å²) in [5.74, 6) is 2.34. The lowest BCUT2D eigenvalue weighted by atomic mass is 10.0. The van der Waals surface area contributed by atoms with E-state index in [1.807, 2.05) is 0 Å². The normalized spacial score (nSPS) is 13.6. The minimum Gasteiger partial charge on any atom is -0.384 e. The molecule has 0 heterocycles. The van der Waals surface area contributed by atoms with Crippen molar-refractivity contribution < 1.29 is 5.11 Å². The van der Waals surface area contributed by atoms with E-state index in [1.165, 1.54) is 0 Å². The molecule has 1 aromatic rings. The molecule has 0 aliphatic heterocycles. The zero-order chi connectivity index (χ0) is 11.3. The monoisotopic (exact) mass is 219 g/mol. The Labute approximate surface area is 94.3 Å². The molecule has 0 aromatic heterocycles. The summed E-state index contributed by atoms with van der Waals surface area (Å²) in [4.78, 5) is 3.36. The molecular formula is C12H10ClNO. The fourth-order valence-electron chi connectivity index (χ4n) is 1.31. The zero-order valence-electron chi connectivity index (χ0n) is 8.02. The Balaban J connectivity index is 2.94. The predicted octanol–water partition coefficient (Wildman–Crippen LogP) is 2.68. The van der Waals surface area contributed by atoms with E-state index >= 15 is 0 Å². The number of benzene rings is 1. The summed E-state index contributed by atoms with van der Waals surface area (Å²) in [6.07, 6.45) is 4.42. The Hall–Kier alpha value is -1.48. The van der Waals surface area contributed by atoms with E-state index < -0.39 is 12.1 Å². The lowest BCUT2D eigenvalue weighted by Gasteiger charge is -2.10. The first-order valence-corrected chi connectivity index (χ1v) is 4.80. The predicted molar refractivity (Wildman–Crippen MR) is 60.3 cm³/mol. The molecule has 15 heavy (non-hydrogen) atoms. The fourth-order valence-corrected chi connectivity index (χ4v) is 1.50. The van der Waals surface area contributed by atoms with Gasteiger partial charge < -0.3 is 9.95 Å². The summed E-state index contributed by atoms with van der Waals surface area (Å²) < 4.78 is 0. The van der Waals surface area contributed by atoms with E-state index in [0.717, 1.165) is 0 Å². The van der Waals surface area contributed by atoms with Crippen LogP contribution in [0, 0.1) is 18.9 Å². The maximum Gasteiger partial charge on any atom is 0.275 e. The van der Waals surface area contributed by atoms with Gasteiger partial charge >= 0.3 is 0 Å². The average Bonchev–Trinajstić information content (AvgIpc) is 2.19. The second-order valence-corrected chi connectivity index (χ2v) is 3.54. The summed E-state index contributed by atoms with van der Waals surface area (Å²) >= 11 is 5.80. The van der Waals surface area contributed by atoms with Gasteiger partial charge in [-0.05, 0) is 12.1 Å². The van der Waals surface area contributed by atoms with Crippen LogP contribution in [0.3, 0.4) is 0 Å². The molecular weight excluding hydrogens is 210 g/mol. The fraction of sp³-hybridized carbons (Fsp3) is 0.250. The third kappa shape index (κ3) is 2.99. The molecule has 0 saturated carbocycles. The topological polar surface area (TPSA) is 24.6 Å². The van der Waals surface area contributed by atoms with Gasteiger partial charge in [-0.25, -0.2) is 6.57 Å². The summed E-state index contributed by atoms with van der Waals surface area (Å²) in [6, 6.07) is 6.26. The maximum atomic E-state index is 9.65. The van der Waals surface area contributed by atoms with E-state index in [4.69, 9.17) is 24.6 Å². The molecule has 0 fully saturated rings. The Kier molecular flexibility index (Phi) is 4.18. The molecule has 2 nitrogen and oxygen atoms in total. The Morgan fingerprint density at radius 2 is 2.33 bits per heavy atom. The number of hydrogen-bond donors (Lipinski definition) is 1. The van der Waals surface area contributed by atoms with Crippen LogP contribution < -0.4 is 0 Å². The second kappa shape index (κ2) is 5.41. The molecule has 0 amide bonds. The van der Waals surface area contributed by atoms with Crippen LogP contribution in [0.5, 0.6) is 0 Å². The highest BCUT2D eigenvalue weighted by molar-refractivity contribution is 6.30. The van der Waals surface area contributed by atoms with E-state index in [2.05, 4.69) is 10.8 Å². The first kappa shape index (κ1) is 11.6. The zero-order valence-corrected chi connectivity index (χ0v) is 8.78. The van der Waals surface area contributed by atoms with Gasteiger partial charge in [0, 0.05) is 17.0 Å².